The van der Waals surface area contributed by atoms with Crippen LogP contribution in [0.4, 0.5) is 5.69 Å². The first-order valence-electron chi connectivity index (χ1n) is 6.96. The SMILES string of the molecule is CC(=O)c1ccc(NC(=O)Cn2c(C)cc(=O)cc2C)cc1. The largest absolute Gasteiger partial charge is 0.340 e. The molecule has 0 aliphatic heterocycles. The van der Waals surface area contributed by atoms with Crippen LogP contribution in [0.15, 0.2) is 41.2 Å². The van der Waals surface area contributed by atoms with Crippen molar-refractivity contribution >= 4 is 17.4 Å². The molecule has 0 aliphatic rings. The Morgan fingerprint density at radius 1 is 1.05 bits per heavy atom. The van der Waals surface area contributed by atoms with Crippen LogP contribution in [0.2, 0.25) is 0 Å². The van der Waals surface area contributed by atoms with Crippen molar-refractivity contribution in [3.63, 3.8) is 0 Å². The molecule has 1 N–H and O–H groups in total. The normalized spacial score (nSPS) is 10.3. The lowest BCUT2D eigenvalue weighted by molar-refractivity contribution is -0.116. The van der Waals surface area contributed by atoms with E-state index in [0.29, 0.717) is 11.3 Å². The average Bonchev–Trinajstić information content (AvgIpc) is 2.43. The number of hydrogen-bond donors (Lipinski definition) is 1. The summed E-state index contributed by atoms with van der Waals surface area (Å²) in [5.41, 5.74) is 2.65. The Hall–Kier alpha value is -2.69. The summed E-state index contributed by atoms with van der Waals surface area (Å²) < 4.78 is 1.78. The van der Waals surface area contributed by atoms with Crippen molar-refractivity contribution in [2.75, 3.05) is 5.32 Å². The molecule has 0 radical (unpaired) electrons. The number of hydrogen-bond acceptors (Lipinski definition) is 3. The van der Waals surface area contributed by atoms with Gasteiger partial charge in [0, 0.05) is 34.8 Å². The van der Waals surface area contributed by atoms with Crippen LogP contribution in [-0.4, -0.2) is 16.3 Å². The standard InChI is InChI=1S/C17H18N2O3/c1-11-8-16(21)9-12(2)19(11)10-17(22)18-15-6-4-14(5-7-15)13(3)20/h4-9H,10H2,1-3H3,(H,18,22). The van der Waals surface area contributed by atoms with Gasteiger partial charge in [-0.3, -0.25) is 14.4 Å². The highest BCUT2D eigenvalue weighted by molar-refractivity contribution is 5.95. The van der Waals surface area contributed by atoms with E-state index >= 15 is 0 Å². The topological polar surface area (TPSA) is 68.2 Å². The number of aromatic nitrogens is 1. The van der Waals surface area contributed by atoms with Gasteiger partial charge in [-0.25, -0.2) is 0 Å². The molecule has 0 unspecified atom stereocenters. The molecule has 114 valence electrons. The monoisotopic (exact) mass is 298 g/mol. The summed E-state index contributed by atoms with van der Waals surface area (Å²) in [5, 5.41) is 2.78. The van der Waals surface area contributed by atoms with E-state index in [1.54, 1.807) is 42.7 Å². The Balaban J connectivity index is 2.10. The summed E-state index contributed by atoms with van der Waals surface area (Å²) in [6, 6.07) is 9.74. The molecular formula is C17H18N2O3. The molecule has 1 aromatic carbocycles. The molecule has 5 nitrogen and oxygen atoms in total. The number of amides is 1. The second kappa shape index (κ2) is 6.39. The smallest absolute Gasteiger partial charge is 0.244 e. The number of rotatable bonds is 4. The maximum Gasteiger partial charge on any atom is 0.244 e. The van der Waals surface area contributed by atoms with Crippen molar-refractivity contribution in [2.45, 2.75) is 27.3 Å². The Kier molecular flexibility index (Phi) is 4.56. The molecule has 0 saturated heterocycles. The third kappa shape index (κ3) is 3.69. The highest BCUT2D eigenvalue weighted by atomic mass is 16.2. The van der Waals surface area contributed by atoms with E-state index in [1.165, 1.54) is 19.1 Å². The van der Waals surface area contributed by atoms with Gasteiger partial charge >= 0.3 is 0 Å². The third-order valence-corrected chi connectivity index (χ3v) is 3.43. The number of ketones is 1. The van der Waals surface area contributed by atoms with Crippen LogP contribution >= 0.6 is 0 Å². The molecule has 0 spiro atoms. The molecule has 5 heteroatoms. The van der Waals surface area contributed by atoms with Gasteiger partial charge in [-0.05, 0) is 45.0 Å². The molecule has 0 atom stereocenters. The van der Waals surface area contributed by atoms with Crippen LogP contribution < -0.4 is 10.7 Å². The van der Waals surface area contributed by atoms with Crippen molar-refractivity contribution in [3.05, 3.63) is 63.6 Å². The molecule has 2 rings (SSSR count). The first-order valence-corrected chi connectivity index (χ1v) is 6.96. The minimum Gasteiger partial charge on any atom is -0.340 e. The van der Waals surface area contributed by atoms with E-state index < -0.39 is 0 Å². The van der Waals surface area contributed by atoms with E-state index in [2.05, 4.69) is 5.32 Å². The van der Waals surface area contributed by atoms with E-state index in [0.717, 1.165) is 11.4 Å². The number of carbonyl (C=O) groups is 2. The first kappa shape index (κ1) is 15.7. The minimum atomic E-state index is -0.189. The van der Waals surface area contributed by atoms with Gasteiger partial charge in [-0.15, -0.1) is 0 Å². The van der Waals surface area contributed by atoms with Crippen molar-refractivity contribution in [2.24, 2.45) is 0 Å². The van der Waals surface area contributed by atoms with E-state index in [4.69, 9.17) is 0 Å². The van der Waals surface area contributed by atoms with Gasteiger partial charge in [0.25, 0.3) is 0 Å². The highest BCUT2D eigenvalue weighted by Crippen LogP contribution is 2.10. The van der Waals surface area contributed by atoms with Crippen LogP contribution in [-0.2, 0) is 11.3 Å². The molecule has 0 aliphatic carbocycles. The molecule has 0 fully saturated rings. The van der Waals surface area contributed by atoms with Crippen molar-refractivity contribution in [1.82, 2.24) is 4.57 Å². The molecule has 1 amide bonds. The van der Waals surface area contributed by atoms with Gasteiger partial charge in [0.05, 0.1) is 0 Å². The lowest BCUT2D eigenvalue weighted by Gasteiger charge is -2.14. The van der Waals surface area contributed by atoms with Gasteiger partial charge in [-0.1, -0.05) is 0 Å². The Bertz CT molecular complexity index is 747. The summed E-state index contributed by atoms with van der Waals surface area (Å²) in [7, 11) is 0. The molecule has 2 aromatic rings. The summed E-state index contributed by atoms with van der Waals surface area (Å²) in [5.74, 6) is -0.206. The molecule has 1 aromatic heterocycles. The fraction of sp³-hybridized carbons (Fsp3) is 0.235. The van der Waals surface area contributed by atoms with E-state index in [-0.39, 0.29) is 23.7 Å². The minimum absolute atomic E-state index is 0.0163. The zero-order chi connectivity index (χ0) is 16.3. The quantitative estimate of drug-likeness (QED) is 0.881. The van der Waals surface area contributed by atoms with Crippen LogP contribution in [0.25, 0.3) is 0 Å². The van der Waals surface area contributed by atoms with Crippen LogP contribution in [0.5, 0.6) is 0 Å². The fourth-order valence-corrected chi connectivity index (χ4v) is 2.27. The first-order chi connectivity index (χ1) is 10.4. The summed E-state index contributed by atoms with van der Waals surface area (Å²) in [6.45, 7) is 5.22. The summed E-state index contributed by atoms with van der Waals surface area (Å²) in [4.78, 5) is 34.7. The summed E-state index contributed by atoms with van der Waals surface area (Å²) in [6.07, 6.45) is 0. The van der Waals surface area contributed by atoms with Crippen molar-refractivity contribution in [3.8, 4) is 0 Å². The van der Waals surface area contributed by atoms with Gasteiger partial charge in [-0.2, -0.15) is 0 Å². The second-order valence-corrected chi connectivity index (χ2v) is 5.24. The summed E-state index contributed by atoms with van der Waals surface area (Å²) >= 11 is 0. The van der Waals surface area contributed by atoms with E-state index in [1.807, 2.05) is 0 Å². The lowest BCUT2D eigenvalue weighted by Crippen LogP contribution is -2.23. The number of pyridine rings is 1. The molecule has 0 saturated carbocycles. The third-order valence-electron chi connectivity index (χ3n) is 3.43. The van der Waals surface area contributed by atoms with Gasteiger partial charge in [0.2, 0.25) is 5.91 Å². The Labute approximate surface area is 128 Å². The molecular weight excluding hydrogens is 280 g/mol. The van der Waals surface area contributed by atoms with Crippen molar-refractivity contribution < 1.29 is 9.59 Å². The molecule has 0 bridgehead atoms. The fourth-order valence-electron chi connectivity index (χ4n) is 2.27. The zero-order valence-electron chi connectivity index (χ0n) is 12.8. The van der Waals surface area contributed by atoms with Gasteiger partial charge < -0.3 is 9.88 Å². The number of Topliss-reactive ketones (excluding diaryl/α,β-unsaturated/α-hetero) is 1. The highest BCUT2D eigenvalue weighted by Gasteiger charge is 2.08. The number of benzene rings is 1. The van der Waals surface area contributed by atoms with E-state index in [9.17, 15) is 14.4 Å². The number of nitrogens with zero attached hydrogens (tertiary/aromatic N) is 1. The predicted molar refractivity (Wildman–Crippen MR) is 85.3 cm³/mol. The number of nitrogens with one attached hydrogen (secondary N) is 1. The maximum atomic E-state index is 12.1. The second-order valence-electron chi connectivity index (χ2n) is 5.24. The lowest BCUT2D eigenvalue weighted by atomic mass is 10.1. The number of anilines is 1. The average molecular weight is 298 g/mol. The Morgan fingerprint density at radius 3 is 2.09 bits per heavy atom. The van der Waals surface area contributed by atoms with Gasteiger partial charge in [0.1, 0.15) is 6.54 Å². The molecule has 1 heterocycles. The maximum absolute atomic E-state index is 12.1. The number of carbonyl (C=O) groups excluding carboxylic acids is 2. The van der Waals surface area contributed by atoms with Gasteiger partial charge in [0.15, 0.2) is 11.2 Å². The van der Waals surface area contributed by atoms with Crippen LogP contribution in [0.1, 0.15) is 28.7 Å². The Morgan fingerprint density at radius 2 is 1.59 bits per heavy atom. The van der Waals surface area contributed by atoms with Crippen molar-refractivity contribution in [1.29, 1.82) is 0 Å². The van der Waals surface area contributed by atoms with Crippen LogP contribution in [0.3, 0.4) is 0 Å². The molecule has 22 heavy (non-hydrogen) atoms. The predicted octanol–water partition coefficient (Wildman–Crippen LogP) is 2.31. The number of aryl methyl sites for hydroxylation is 2. The zero-order valence-corrected chi connectivity index (χ0v) is 12.8. The van der Waals surface area contributed by atoms with Crippen LogP contribution in [0, 0.1) is 13.8 Å².